The molecule has 0 bridgehead atoms. The molecule has 0 aromatic heterocycles. The molecule has 126 valence electrons. The first-order chi connectivity index (χ1) is 10.9. The van der Waals surface area contributed by atoms with Gasteiger partial charge in [0.15, 0.2) is 0 Å². The van der Waals surface area contributed by atoms with Crippen LogP contribution in [0.25, 0.3) is 0 Å². The minimum absolute atomic E-state index is 0.0579. The molecule has 0 amide bonds. The number of sulfonamides is 1. The van der Waals surface area contributed by atoms with Gasteiger partial charge in [0.2, 0.25) is 10.0 Å². The lowest BCUT2D eigenvalue weighted by molar-refractivity contribution is -0.384. The Hall–Kier alpha value is -1.51. The molecular weight excluding hydrogens is 318 g/mol. The molecule has 0 spiro atoms. The third-order valence-corrected chi connectivity index (χ3v) is 5.72. The van der Waals surface area contributed by atoms with E-state index in [0.717, 1.165) is 32.0 Å². The van der Waals surface area contributed by atoms with Crippen molar-refractivity contribution in [3.05, 3.63) is 39.9 Å². The number of rotatable bonds is 7. The summed E-state index contributed by atoms with van der Waals surface area (Å²) in [5.41, 5.74) is 0.341. The van der Waals surface area contributed by atoms with E-state index in [9.17, 15) is 18.5 Å². The van der Waals surface area contributed by atoms with Gasteiger partial charge in [-0.1, -0.05) is 12.1 Å². The van der Waals surface area contributed by atoms with E-state index in [1.807, 2.05) is 0 Å². The highest BCUT2D eigenvalue weighted by atomic mass is 32.2. The van der Waals surface area contributed by atoms with Crippen molar-refractivity contribution >= 4 is 15.7 Å². The molecule has 0 unspecified atom stereocenters. The Morgan fingerprint density at radius 1 is 1.30 bits per heavy atom. The summed E-state index contributed by atoms with van der Waals surface area (Å²) in [4.78, 5) is 12.6. The number of benzene rings is 1. The molecular formula is C15H21N3O4S. The molecule has 2 aliphatic rings. The first-order valence-electron chi connectivity index (χ1n) is 7.87. The second kappa shape index (κ2) is 6.54. The summed E-state index contributed by atoms with van der Waals surface area (Å²) < 4.78 is 27.3. The lowest BCUT2D eigenvalue weighted by Gasteiger charge is -2.16. The molecule has 1 saturated carbocycles. The van der Waals surface area contributed by atoms with Crippen LogP contribution < -0.4 is 4.72 Å². The third kappa shape index (κ3) is 4.73. The average molecular weight is 339 g/mol. The van der Waals surface area contributed by atoms with E-state index in [0.29, 0.717) is 5.56 Å². The molecule has 8 heteroatoms. The number of hydrogen-bond acceptors (Lipinski definition) is 5. The van der Waals surface area contributed by atoms with E-state index in [4.69, 9.17) is 0 Å². The standard InChI is InChI=1S/C15H21N3O4S/c19-18(20)15-3-1-2-13(8-15)11-23(21,22)16-14-6-7-17(10-14)9-12-4-5-12/h1-3,8,12,14,16H,4-7,9-11H2/t14-/m0/s1. The van der Waals surface area contributed by atoms with Crippen LogP contribution in [0.3, 0.4) is 0 Å². The number of likely N-dealkylation sites (tertiary alicyclic amines) is 1. The van der Waals surface area contributed by atoms with E-state index in [-0.39, 0.29) is 17.5 Å². The van der Waals surface area contributed by atoms with Crippen LogP contribution in [-0.2, 0) is 15.8 Å². The Kier molecular flexibility index (Phi) is 4.65. The Balaban J connectivity index is 1.56. The molecule has 3 rings (SSSR count). The summed E-state index contributed by atoms with van der Waals surface area (Å²) >= 11 is 0. The second-order valence-corrected chi connectivity index (χ2v) is 8.25. The maximum Gasteiger partial charge on any atom is 0.269 e. The molecule has 1 saturated heterocycles. The average Bonchev–Trinajstić information content (AvgIpc) is 3.18. The summed E-state index contributed by atoms with van der Waals surface area (Å²) in [6.45, 7) is 2.76. The van der Waals surface area contributed by atoms with Gasteiger partial charge < -0.3 is 4.90 Å². The molecule has 1 N–H and O–H groups in total. The molecule has 2 fully saturated rings. The van der Waals surface area contributed by atoms with Gasteiger partial charge in [0, 0.05) is 31.3 Å². The van der Waals surface area contributed by atoms with Crippen LogP contribution in [0, 0.1) is 16.0 Å². The predicted octanol–water partition coefficient (Wildman–Crippen LogP) is 1.50. The molecule has 1 aromatic carbocycles. The molecule has 0 radical (unpaired) electrons. The van der Waals surface area contributed by atoms with Gasteiger partial charge in [-0.25, -0.2) is 13.1 Å². The van der Waals surface area contributed by atoms with Crippen LogP contribution in [0.1, 0.15) is 24.8 Å². The summed E-state index contributed by atoms with van der Waals surface area (Å²) in [6, 6.07) is 5.72. The van der Waals surface area contributed by atoms with Crippen molar-refractivity contribution in [2.24, 2.45) is 5.92 Å². The molecule has 1 aliphatic heterocycles. The highest BCUT2D eigenvalue weighted by molar-refractivity contribution is 7.88. The first kappa shape index (κ1) is 16.4. The summed E-state index contributed by atoms with van der Waals surface area (Å²) in [7, 11) is -3.50. The number of non-ortho nitro benzene ring substituents is 1. The van der Waals surface area contributed by atoms with Crippen LogP contribution in [-0.4, -0.2) is 43.9 Å². The fourth-order valence-electron chi connectivity index (χ4n) is 3.04. The smallest absolute Gasteiger partial charge is 0.269 e. The monoisotopic (exact) mass is 339 g/mol. The van der Waals surface area contributed by atoms with E-state index in [1.54, 1.807) is 6.07 Å². The molecule has 1 atom stereocenters. The van der Waals surface area contributed by atoms with Gasteiger partial charge in [-0.15, -0.1) is 0 Å². The highest BCUT2D eigenvalue weighted by Gasteiger charge is 2.31. The van der Waals surface area contributed by atoms with Gasteiger partial charge in [-0.2, -0.15) is 0 Å². The Morgan fingerprint density at radius 3 is 2.78 bits per heavy atom. The Bertz CT molecular complexity index is 688. The number of nitro benzene ring substituents is 1. The number of nitro groups is 1. The summed E-state index contributed by atoms with van der Waals surface area (Å²) in [6.07, 6.45) is 3.40. The largest absolute Gasteiger partial charge is 0.301 e. The number of nitrogens with one attached hydrogen (secondary N) is 1. The predicted molar refractivity (Wildman–Crippen MR) is 86.4 cm³/mol. The van der Waals surface area contributed by atoms with E-state index < -0.39 is 14.9 Å². The van der Waals surface area contributed by atoms with Crippen LogP contribution in [0.15, 0.2) is 24.3 Å². The first-order valence-corrected chi connectivity index (χ1v) is 9.52. The van der Waals surface area contributed by atoms with Crippen LogP contribution in [0.2, 0.25) is 0 Å². The van der Waals surface area contributed by atoms with Crippen molar-refractivity contribution in [1.29, 1.82) is 0 Å². The molecule has 7 nitrogen and oxygen atoms in total. The fraction of sp³-hybridized carbons (Fsp3) is 0.600. The van der Waals surface area contributed by atoms with Crippen molar-refractivity contribution in [2.45, 2.75) is 31.1 Å². The molecule has 1 aliphatic carbocycles. The van der Waals surface area contributed by atoms with Crippen LogP contribution in [0.5, 0.6) is 0 Å². The maximum absolute atomic E-state index is 12.3. The molecule has 1 heterocycles. The van der Waals surface area contributed by atoms with Crippen LogP contribution in [0.4, 0.5) is 5.69 Å². The van der Waals surface area contributed by atoms with Gasteiger partial charge >= 0.3 is 0 Å². The minimum atomic E-state index is -3.50. The van der Waals surface area contributed by atoms with Crippen molar-refractivity contribution in [2.75, 3.05) is 19.6 Å². The van der Waals surface area contributed by atoms with Crippen molar-refractivity contribution in [3.63, 3.8) is 0 Å². The minimum Gasteiger partial charge on any atom is -0.301 e. The SMILES string of the molecule is O=[N+]([O-])c1cccc(CS(=O)(=O)N[C@H]2CCN(CC3CC3)C2)c1. The van der Waals surface area contributed by atoms with E-state index in [2.05, 4.69) is 9.62 Å². The normalized spacial score (nSPS) is 22.3. The topological polar surface area (TPSA) is 92.5 Å². The molecule has 23 heavy (non-hydrogen) atoms. The Labute approximate surface area is 135 Å². The Morgan fingerprint density at radius 2 is 2.09 bits per heavy atom. The van der Waals surface area contributed by atoms with E-state index >= 15 is 0 Å². The quantitative estimate of drug-likeness (QED) is 0.600. The van der Waals surface area contributed by atoms with E-state index in [1.165, 1.54) is 31.0 Å². The zero-order valence-corrected chi connectivity index (χ0v) is 13.7. The van der Waals surface area contributed by atoms with Gasteiger partial charge in [0.05, 0.1) is 10.7 Å². The zero-order chi connectivity index (χ0) is 16.4. The number of hydrogen-bond donors (Lipinski definition) is 1. The second-order valence-electron chi connectivity index (χ2n) is 6.49. The van der Waals surface area contributed by atoms with Crippen molar-refractivity contribution in [3.8, 4) is 0 Å². The zero-order valence-electron chi connectivity index (χ0n) is 12.8. The lowest BCUT2D eigenvalue weighted by Crippen LogP contribution is -2.38. The molecule has 1 aromatic rings. The van der Waals surface area contributed by atoms with Crippen LogP contribution >= 0.6 is 0 Å². The van der Waals surface area contributed by atoms with Gasteiger partial charge in [-0.3, -0.25) is 10.1 Å². The van der Waals surface area contributed by atoms with Gasteiger partial charge in [0.1, 0.15) is 0 Å². The lowest BCUT2D eigenvalue weighted by atomic mass is 10.2. The van der Waals surface area contributed by atoms with Crippen molar-refractivity contribution in [1.82, 2.24) is 9.62 Å². The summed E-state index contributed by atoms with van der Waals surface area (Å²) in [5, 5.41) is 10.8. The highest BCUT2D eigenvalue weighted by Crippen LogP contribution is 2.30. The third-order valence-electron chi connectivity index (χ3n) is 4.31. The number of nitrogens with zero attached hydrogens (tertiary/aromatic N) is 2. The maximum atomic E-state index is 12.3. The van der Waals surface area contributed by atoms with Gasteiger partial charge in [0.25, 0.3) is 5.69 Å². The van der Waals surface area contributed by atoms with Crippen molar-refractivity contribution < 1.29 is 13.3 Å². The summed E-state index contributed by atoms with van der Waals surface area (Å²) in [5.74, 6) is 0.573. The van der Waals surface area contributed by atoms with Gasteiger partial charge in [-0.05, 0) is 37.3 Å². The fourth-order valence-corrected chi connectivity index (χ4v) is 4.44.